The molecule has 0 aliphatic carbocycles. The molecule has 0 saturated carbocycles. The predicted molar refractivity (Wildman–Crippen MR) is 109 cm³/mol. The van der Waals surface area contributed by atoms with Gasteiger partial charge in [0.1, 0.15) is 0 Å². The fourth-order valence-electron chi connectivity index (χ4n) is 2.45. The minimum absolute atomic E-state index is 0. The Morgan fingerprint density at radius 2 is 1.67 bits per heavy atom. The monoisotopic (exact) mass is 404 g/mol. The zero-order valence-electron chi connectivity index (χ0n) is 13.8. The molecule has 0 bridgehead atoms. The highest BCUT2D eigenvalue weighted by atomic mass is 79.9. The van der Waals surface area contributed by atoms with Crippen molar-refractivity contribution in [1.29, 1.82) is 0 Å². The lowest BCUT2D eigenvalue weighted by molar-refractivity contribution is 0.866. The van der Waals surface area contributed by atoms with Crippen LogP contribution in [0.4, 0.5) is 16.5 Å². The van der Waals surface area contributed by atoms with Gasteiger partial charge in [-0.15, -0.1) is 28.3 Å². The summed E-state index contributed by atoms with van der Waals surface area (Å²) in [6, 6.07) is 12.4. The number of benzene rings is 1. The van der Waals surface area contributed by atoms with Gasteiger partial charge in [0.05, 0.1) is 5.69 Å². The van der Waals surface area contributed by atoms with E-state index in [-0.39, 0.29) is 17.0 Å². The van der Waals surface area contributed by atoms with Crippen molar-refractivity contribution < 1.29 is 0 Å². The van der Waals surface area contributed by atoms with Crippen LogP contribution in [0.5, 0.6) is 0 Å². The minimum Gasteiger partial charge on any atom is -0.372 e. The van der Waals surface area contributed by atoms with Crippen LogP contribution in [0.3, 0.4) is 0 Å². The lowest BCUT2D eigenvalue weighted by Crippen LogP contribution is -2.21. The SMILES string of the molecule is Br.CCN(CC)c1ccc(Nc2nc(-c3ccncc3)cs2)cc1. The molecule has 0 unspecified atom stereocenters. The van der Waals surface area contributed by atoms with E-state index in [0.717, 1.165) is 35.2 Å². The topological polar surface area (TPSA) is 41.0 Å². The van der Waals surface area contributed by atoms with Crippen molar-refractivity contribution in [2.24, 2.45) is 0 Å². The molecule has 126 valence electrons. The highest BCUT2D eigenvalue weighted by molar-refractivity contribution is 8.93. The molecule has 0 spiro atoms. The largest absolute Gasteiger partial charge is 0.372 e. The van der Waals surface area contributed by atoms with E-state index in [1.165, 1.54) is 5.69 Å². The van der Waals surface area contributed by atoms with Gasteiger partial charge in [0.2, 0.25) is 0 Å². The van der Waals surface area contributed by atoms with Crippen molar-refractivity contribution in [1.82, 2.24) is 9.97 Å². The van der Waals surface area contributed by atoms with Crippen molar-refractivity contribution in [2.45, 2.75) is 13.8 Å². The number of anilines is 3. The Morgan fingerprint density at radius 1 is 1.00 bits per heavy atom. The van der Waals surface area contributed by atoms with Crippen LogP contribution >= 0.6 is 28.3 Å². The molecule has 0 aliphatic heterocycles. The standard InChI is InChI=1S/C18H20N4S.BrH/c1-3-22(4-2)16-7-5-15(6-8-16)20-18-21-17(13-23-18)14-9-11-19-12-10-14;/h5-13H,3-4H2,1-2H3,(H,20,21);1H. The molecule has 0 aliphatic rings. The maximum absolute atomic E-state index is 4.63. The van der Waals surface area contributed by atoms with Gasteiger partial charge in [-0.1, -0.05) is 0 Å². The molecular formula is C18H21BrN4S. The highest BCUT2D eigenvalue weighted by Crippen LogP contribution is 2.27. The van der Waals surface area contributed by atoms with Crippen molar-refractivity contribution in [2.75, 3.05) is 23.3 Å². The summed E-state index contributed by atoms with van der Waals surface area (Å²) in [4.78, 5) is 11.0. The molecule has 2 aromatic heterocycles. The Bertz CT molecular complexity index is 739. The van der Waals surface area contributed by atoms with E-state index in [9.17, 15) is 0 Å². The summed E-state index contributed by atoms with van der Waals surface area (Å²) in [6.07, 6.45) is 3.57. The fraction of sp³-hybridized carbons (Fsp3) is 0.222. The van der Waals surface area contributed by atoms with Crippen LogP contribution in [0, 0.1) is 0 Å². The first-order valence-electron chi connectivity index (χ1n) is 7.78. The summed E-state index contributed by atoms with van der Waals surface area (Å²) in [7, 11) is 0. The molecule has 0 saturated heterocycles. The van der Waals surface area contributed by atoms with E-state index in [0.29, 0.717) is 0 Å². The lowest BCUT2D eigenvalue weighted by atomic mass is 10.2. The fourth-order valence-corrected chi connectivity index (χ4v) is 3.19. The second-order valence-electron chi connectivity index (χ2n) is 5.12. The van der Waals surface area contributed by atoms with E-state index >= 15 is 0 Å². The number of halogens is 1. The minimum atomic E-state index is 0. The van der Waals surface area contributed by atoms with Gasteiger partial charge >= 0.3 is 0 Å². The van der Waals surface area contributed by atoms with Crippen LogP contribution < -0.4 is 10.2 Å². The molecule has 0 atom stereocenters. The third-order valence-corrected chi connectivity index (χ3v) is 4.49. The molecule has 4 nitrogen and oxygen atoms in total. The molecule has 24 heavy (non-hydrogen) atoms. The zero-order chi connectivity index (χ0) is 16.1. The Labute approximate surface area is 157 Å². The van der Waals surface area contributed by atoms with Gasteiger partial charge in [-0.2, -0.15) is 0 Å². The summed E-state index contributed by atoms with van der Waals surface area (Å²) < 4.78 is 0. The molecule has 1 N–H and O–H groups in total. The van der Waals surface area contributed by atoms with Gasteiger partial charge in [-0.3, -0.25) is 4.98 Å². The second-order valence-corrected chi connectivity index (χ2v) is 5.98. The number of nitrogens with zero attached hydrogens (tertiary/aromatic N) is 3. The first-order chi connectivity index (χ1) is 11.3. The summed E-state index contributed by atoms with van der Waals surface area (Å²) in [5.74, 6) is 0. The number of hydrogen-bond donors (Lipinski definition) is 1. The van der Waals surface area contributed by atoms with Crippen molar-refractivity contribution in [3.63, 3.8) is 0 Å². The van der Waals surface area contributed by atoms with E-state index in [4.69, 9.17) is 0 Å². The van der Waals surface area contributed by atoms with Crippen molar-refractivity contribution >= 4 is 44.8 Å². The van der Waals surface area contributed by atoms with Crippen LogP contribution in [0.1, 0.15) is 13.8 Å². The molecule has 0 fully saturated rings. The van der Waals surface area contributed by atoms with Gasteiger partial charge in [-0.25, -0.2) is 4.98 Å². The molecule has 6 heteroatoms. The van der Waals surface area contributed by atoms with Crippen LogP contribution in [-0.2, 0) is 0 Å². The number of thiazole rings is 1. The number of aromatic nitrogens is 2. The summed E-state index contributed by atoms with van der Waals surface area (Å²) in [5.41, 5.74) is 4.36. The maximum atomic E-state index is 4.63. The van der Waals surface area contributed by atoms with Gasteiger partial charge in [0.25, 0.3) is 0 Å². The Hall–Kier alpha value is -1.92. The van der Waals surface area contributed by atoms with E-state index in [1.54, 1.807) is 23.7 Å². The van der Waals surface area contributed by atoms with Gasteiger partial charge in [0.15, 0.2) is 5.13 Å². The first-order valence-corrected chi connectivity index (χ1v) is 8.66. The average Bonchev–Trinajstić information content (AvgIpc) is 3.07. The molecule has 1 aromatic carbocycles. The number of rotatable bonds is 6. The molecule has 2 heterocycles. The molecular weight excluding hydrogens is 384 g/mol. The zero-order valence-corrected chi connectivity index (χ0v) is 16.3. The van der Waals surface area contributed by atoms with Crippen molar-refractivity contribution in [3.05, 3.63) is 54.2 Å². The number of nitrogens with one attached hydrogen (secondary N) is 1. The summed E-state index contributed by atoms with van der Waals surface area (Å²) in [5, 5.41) is 6.32. The van der Waals surface area contributed by atoms with Crippen LogP contribution in [0.25, 0.3) is 11.3 Å². The molecule has 0 radical (unpaired) electrons. The smallest absolute Gasteiger partial charge is 0.187 e. The third-order valence-electron chi connectivity index (χ3n) is 3.73. The Morgan fingerprint density at radius 3 is 2.29 bits per heavy atom. The normalized spacial score (nSPS) is 10.1. The van der Waals surface area contributed by atoms with Gasteiger partial charge in [0, 0.05) is 47.8 Å². The van der Waals surface area contributed by atoms with Crippen LogP contribution in [0.2, 0.25) is 0 Å². The molecule has 0 amide bonds. The van der Waals surface area contributed by atoms with Gasteiger partial charge in [-0.05, 0) is 50.2 Å². The quantitative estimate of drug-likeness (QED) is 0.599. The third kappa shape index (κ3) is 4.33. The molecule has 3 aromatic rings. The lowest BCUT2D eigenvalue weighted by Gasteiger charge is -2.21. The first kappa shape index (κ1) is 18.4. The predicted octanol–water partition coefficient (Wildman–Crippen LogP) is 5.37. The van der Waals surface area contributed by atoms with Crippen LogP contribution in [0.15, 0.2) is 54.2 Å². The number of pyridine rings is 1. The van der Waals surface area contributed by atoms with Gasteiger partial charge < -0.3 is 10.2 Å². The highest BCUT2D eigenvalue weighted by Gasteiger charge is 2.05. The molecule has 3 rings (SSSR count). The summed E-state index contributed by atoms with van der Waals surface area (Å²) in [6.45, 7) is 6.38. The second kappa shape index (κ2) is 8.80. The number of hydrogen-bond acceptors (Lipinski definition) is 5. The Kier molecular flexibility index (Phi) is 6.75. The Balaban J connectivity index is 0.00000208. The van der Waals surface area contributed by atoms with E-state index in [2.05, 4.69) is 63.7 Å². The van der Waals surface area contributed by atoms with Crippen molar-refractivity contribution in [3.8, 4) is 11.3 Å². The average molecular weight is 405 g/mol. The van der Waals surface area contributed by atoms with E-state index in [1.807, 2.05) is 12.1 Å². The van der Waals surface area contributed by atoms with E-state index < -0.39 is 0 Å². The maximum Gasteiger partial charge on any atom is 0.187 e. The summed E-state index contributed by atoms with van der Waals surface area (Å²) >= 11 is 1.61. The van der Waals surface area contributed by atoms with Crippen LogP contribution in [-0.4, -0.2) is 23.1 Å².